The summed E-state index contributed by atoms with van der Waals surface area (Å²) in [6.07, 6.45) is 0. The van der Waals surface area contributed by atoms with E-state index in [1.165, 1.54) is 113 Å². The van der Waals surface area contributed by atoms with Crippen molar-refractivity contribution >= 4 is 90.7 Å². The molecule has 0 bridgehead atoms. The monoisotopic (exact) mass is 1010 g/mol. The second kappa shape index (κ2) is 16.5. The number of aryl methyl sites for hydroxylation is 2. The van der Waals surface area contributed by atoms with Gasteiger partial charge in [-0.1, -0.05) is 79.7 Å². The SMILES string of the molecule is Cc1ccc(-c2sc(-c3ccc(-c4cccs4)s3)cc2-c2cc(C(C)(C)C)cc3c2Oc2c(-c4cc(-c5ccc(-c6cccs6)s5)sc4-c4ccc(C)s4)cc(C(C)(C)C)cc2C3(C)C)s1. The molecule has 0 atom stereocenters. The van der Waals surface area contributed by atoms with E-state index in [9.17, 15) is 0 Å². The molecule has 66 heavy (non-hydrogen) atoms. The average Bonchev–Trinajstić information content (AvgIpc) is 4.12. The van der Waals surface area contributed by atoms with Crippen molar-refractivity contribution in [2.45, 2.75) is 85.5 Å². The van der Waals surface area contributed by atoms with Crippen LogP contribution in [0.4, 0.5) is 0 Å². The van der Waals surface area contributed by atoms with Gasteiger partial charge >= 0.3 is 0 Å². The van der Waals surface area contributed by atoms with Crippen LogP contribution in [-0.4, -0.2) is 0 Å². The van der Waals surface area contributed by atoms with Crippen LogP contribution in [0.5, 0.6) is 11.5 Å². The molecule has 0 saturated heterocycles. The van der Waals surface area contributed by atoms with Gasteiger partial charge in [0.15, 0.2) is 0 Å². The largest absolute Gasteiger partial charge is 0.455 e. The molecule has 0 fully saturated rings. The summed E-state index contributed by atoms with van der Waals surface area (Å²) in [5.74, 6) is 1.94. The van der Waals surface area contributed by atoms with Gasteiger partial charge in [-0.25, -0.2) is 0 Å². The van der Waals surface area contributed by atoms with Crippen LogP contribution in [0, 0.1) is 13.8 Å². The maximum Gasteiger partial charge on any atom is 0.139 e. The highest BCUT2D eigenvalue weighted by molar-refractivity contribution is 7.29. The topological polar surface area (TPSA) is 9.23 Å². The summed E-state index contributed by atoms with van der Waals surface area (Å²) in [5, 5.41) is 4.34. The molecule has 11 rings (SSSR count). The second-order valence-electron chi connectivity index (χ2n) is 19.8. The molecule has 0 unspecified atom stereocenters. The van der Waals surface area contributed by atoms with E-state index in [0.29, 0.717) is 0 Å². The Labute approximate surface area is 421 Å². The summed E-state index contributed by atoms with van der Waals surface area (Å²) >= 11 is 15.0. The lowest BCUT2D eigenvalue weighted by molar-refractivity contribution is 0.418. The smallest absolute Gasteiger partial charge is 0.139 e. The molecular weight excluding hydrogens is 957 g/mol. The van der Waals surface area contributed by atoms with E-state index < -0.39 is 0 Å². The summed E-state index contributed by atoms with van der Waals surface area (Å²) in [7, 11) is 0. The molecule has 1 nitrogen and oxygen atoms in total. The van der Waals surface area contributed by atoms with Gasteiger partial charge in [-0.05, 0) is 131 Å². The van der Waals surface area contributed by atoms with E-state index in [1.54, 1.807) is 22.7 Å². The molecule has 10 aromatic rings. The first kappa shape index (κ1) is 44.4. The highest BCUT2D eigenvalue weighted by Gasteiger charge is 2.41. The highest BCUT2D eigenvalue weighted by Crippen LogP contribution is 2.60. The molecule has 9 heterocycles. The Balaban J connectivity index is 1.15. The Kier molecular flexibility index (Phi) is 11.1. The summed E-state index contributed by atoms with van der Waals surface area (Å²) in [6.45, 7) is 23.4. The first-order chi connectivity index (χ1) is 31.5. The van der Waals surface area contributed by atoms with E-state index in [-0.39, 0.29) is 16.2 Å². The summed E-state index contributed by atoms with van der Waals surface area (Å²) in [6, 6.07) is 41.9. The summed E-state index contributed by atoms with van der Waals surface area (Å²) < 4.78 is 7.77. The molecule has 2 aromatic carbocycles. The maximum absolute atomic E-state index is 7.77. The fourth-order valence-corrected chi connectivity index (χ4v) is 17.0. The van der Waals surface area contributed by atoms with Crippen LogP contribution >= 0.6 is 90.7 Å². The van der Waals surface area contributed by atoms with Gasteiger partial charge < -0.3 is 4.74 Å². The molecule has 9 heteroatoms. The predicted molar refractivity (Wildman–Crippen MR) is 298 cm³/mol. The average molecular weight is 1010 g/mol. The van der Waals surface area contributed by atoms with Gasteiger partial charge in [-0.15, -0.1) is 90.7 Å². The van der Waals surface area contributed by atoms with Crippen molar-refractivity contribution < 1.29 is 4.74 Å². The van der Waals surface area contributed by atoms with E-state index in [0.717, 1.165) is 11.5 Å². The molecule has 1 aliphatic rings. The zero-order chi connectivity index (χ0) is 45.9. The second-order valence-corrected chi connectivity index (χ2v) is 28.6. The molecule has 8 aromatic heterocycles. The number of hydrogen-bond acceptors (Lipinski definition) is 9. The van der Waals surface area contributed by atoms with Crippen molar-refractivity contribution in [3.8, 4) is 92.3 Å². The van der Waals surface area contributed by atoms with Crippen molar-refractivity contribution in [1.29, 1.82) is 0 Å². The van der Waals surface area contributed by atoms with Crippen LogP contribution in [0.3, 0.4) is 0 Å². The molecule has 0 spiro atoms. The van der Waals surface area contributed by atoms with Crippen LogP contribution in [0.25, 0.3) is 80.8 Å². The quantitative estimate of drug-likeness (QED) is 0.147. The summed E-state index contributed by atoms with van der Waals surface area (Å²) in [5.41, 5.74) is 9.37. The van der Waals surface area contributed by atoms with Crippen LogP contribution in [0.1, 0.15) is 87.4 Å². The van der Waals surface area contributed by atoms with Gasteiger partial charge in [0.1, 0.15) is 11.5 Å². The van der Waals surface area contributed by atoms with Gasteiger partial charge in [0.05, 0.1) is 9.75 Å². The van der Waals surface area contributed by atoms with E-state index in [1.807, 2.05) is 68.0 Å². The van der Waals surface area contributed by atoms with Crippen LogP contribution in [0.15, 0.2) is 120 Å². The summed E-state index contributed by atoms with van der Waals surface area (Å²) in [4.78, 5) is 18.3. The fraction of sp³-hybridized carbons (Fsp3) is 0.228. The third kappa shape index (κ3) is 7.91. The molecule has 0 N–H and O–H groups in total. The molecule has 0 aliphatic carbocycles. The lowest BCUT2D eigenvalue weighted by Crippen LogP contribution is -2.27. The number of rotatable bonds is 8. The molecular formula is C57H50OS8. The Morgan fingerprint density at radius 3 is 1.14 bits per heavy atom. The fourth-order valence-electron chi connectivity index (χ4n) is 8.87. The van der Waals surface area contributed by atoms with Crippen LogP contribution < -0.4 is 4.74 Å². The minimum atomic E-state index is -0.376. The zero-order valence-electron chi connectivity index (χ0n) is 38.7. The molecule has 332 valence electrons. The van der Waals surface area contributed by atoms with Crippen LogP contribution in [-0.2, 0) is 16.2 Å². The van der Waals surface area contributed by atoms with Crippen molar-refractivity contribution in [3.05, 3.63) is 152 Å². The van der Waals surface area contributed by atoms with Crippen molar-refractivity contribution in [2.75, 3.05) is 0 Å². The number of benzene rings is 2. The highest BCUT2D eigenvalue weighted by atomic mass is 32.1. The van der Waals surface area contributed by atoms with E-state index in [2.05, 4.69) is 189 Å². The lowest BCUT2D eigenvalue weighted by Gasteiger charge is -2.39. The van der Waals surface area contributed by atoms with Crippen molar-refractivity contribution in [1.82, 2.24) is 0 Å². The number of thiophene rings is 8. The normalized spacial score (nSPS) is 13.5. The number of fused-ring (bicyclic) bond motifs is 2. The van der Waals surface area contributed by atoms with Gasteiger partial charge in [0.2, 0.25) is 0 Å². The molecule has 0 amide bonds. The third-order valence-electron chi connectivity index (χ3n) is 12.7. The zero-order valence-corrected chi connectivity index (χ0v) is 45.3. The van der Waals surface area contributed by atoms with Gasteiger partial charge in [-0.2, -0.15) is 0 Å². The number of hydrogen-bond donors (Lipinski definition) is 0. The van der Waals surface area contributed by atoms with Gasteiger partial charge in [0.25, 0.3) is 0 Å². The minimum Gasteiger partial charge on any atom is -0.455 e. The number of ether oxygens (including phenoxy) is 1. The Morgan fingerprint density at radius 1 is 0.394 bits per heavy atom. The van der Waals surface area contributed by atoms with Crippen molar-refractivity contribution in [3.63, 3.8) is 0 Å². The molecule has 0 radical (unpaired) electrons. The standard InChI is InChI=1S/C57H50OS8/c1-31-15-17-47(61-31)53-37(29-49(65-53)45-21-19-43(63-45)41-13-11-23-59-41)35-25-33(55(3,4)5)27-39-51(35)58-52-36(26-34(56(6,7)8)28-40(52)57(39,9)10)38-30-50(66-54(38)48-18-16-32(2)62-48)46-22-20-44(64-46)42-14-12-24-60-42/h11-30H,1-10H3. The van der Waals surface area contributed by atoms with Gasteiger partial charge in [0, 0.05) is 97.3 Å². The van der Waals surface area contributed by atoms with Gasteiger partial charge in [-0.3, -0.25) is 0 Å². The minimum absolute atomic E-state index is 0.0908. The van der Waals surface area contributed by atoms with Crippen LogP contribution in [0.2, 0.25) is 0 Å². The maximum atomic E-state index is 7.77. The Morgan fingerprint density at radius 2 is 0.788 bits per heavy atom. The molecule has 1 aliphatic heterocycles. The Hall–Kier alpha value is -4.16. The molecule has 0 saturated carbocycles. The first-order valence-electron chi connectivity index (χ1n) is 22.3. The first-order valence-corrected chi connectivity index (χ1v) is 28.9. The predicted octanol–water partition coefficient (Wildman–Crippen LogP) is 21.2. The van der Waals surface area contributed by atoms with E-state index in [4.69, 9.17) is 4.74 Å². The lowest BCUT2D eigenvalue weighted by atomic mass is 9.70. The third-order valence-corrected chi connectivity index (χ3v) is 22.0. The van der Waals surface area contributed by atoms with Crippen molar-refractivity contribution in [2.24, 2.45) is 0 Å². The Bertz CT molecular complexity index is 3180. The van der Waals surface area contributed by atoms with E-state index >= 15 is 0 Å².